The molecular formula is C27H34ClN2O9S+. The largest absolute Gasteiger partial charge is 0.493 e. The van der Waals surface area contributed by atoms with E-state index in [4.69, 9.17) is 30.5 Å². The van der Waals surface area contributed by atoms with Crippen LogP contribution in [0.2, 0.25) is 5.02 Å². The van der Waals surface area contributed by atoms with E-state index in [1.807, 2.05) is 0 Å². The maximum atomic E-state index is 14.4. The van der Waals surface area contributed by atoms with Gasteiger partial charge < -0.3 is 24.3 Å². The van der Waals surface area contributed by atoms with Crippen LogP contribution in [0.5, 0.6) is 11.5 Å². The molecule has 11 nitrogen and oxygen atoms in total. The smallest absolute Gasteiger partial charge is 0.383 e. The normalized spacial score (nSPS) is 21.1. The molecule has 2 amide bonds. The summed E-state index contributed by atoms with van der Waals surface area (Å²) in [5, 5.41) is 2.72. The molecule has 0 aliphatic carbocycles. The number of hydrogen-bond donors (Lipinski definition) is 1. The Morgan fingerprint density at radius 3 is 2.33 bits per heavy atom. The highest BCUT2D eigenvalue weighted by Crippen LogP contribution is 2.48. The van der Waals surface area contributed by atoms with Gasteiger partial charge in [0.25, 0.3) is 6.23 Å². The Hall–Kier alpha value is -3.19. The zero-order chi connectivity index (χ0) is 30.0. The number of rotatable bonds is 9. The first-order valence-electron chi connectivity index (χ1n) is 12.3. The average molecular weight is 598 g/mol. The van der Waals surface area contributed by atoms with Crippen molar-refractivity contribution in [2.75, 3.05) is 33.6 Å². The molecule has 0 spiro atoms. The third kappa shape index (κ3) is 6.09. The number of quaternary nitrogens is 1. The highest BCUT2D eigenvalue weighted by Gasteiger charge is 2.59. The van der Waals surface area contributed by atoms with Crippen LogP contribution in [-0.2, 0) is 33.9 Å². The predicted octanol–water partition coefficient (Wildman–Crippen LogP) is 3.32. The van der Waals surface area contributed by atoms with Crippen molar-refractivity contribution in [1.82, 2.24) is 9.21 Å². The number of carbonyl (C=O) groups excluding carboxylic acids is 3. The molecule has 0 aromatic heterocycles. The molecule has 0 saturated heterocycles. The number of amides is 2. The third-order valence-corrected chi connectivity index (χ3v) is 8.32. The molecule has 1 aliphatic rings. The number of fused-ring (bicyclic) bond motifs is 1. The van der Waals surface area contributed by atoms with Crippen molar-refractivity contribution in [3.63, 3.8) is 0 Å². The van der Waals surface area contributed by atoms with Gasteiger partial charge in [0.1, 0.15) is 19.3 Å². The summed E-state index contributed by atoms with van der Waals surface area (Å²) in [5.74, 6) is -1.49. The second kappa shape index (κ2) is 11.7. The van der Waals surface area contributed by atoms with Crippen LogP contribution in [0.1, 0.15) is 44.9 Å². The molecule has 1 N–H and O–H groups in total. The van der Waals surface area contributed by atoms with Gasteiger partial charge in [-0.15, -0.1) is 3.89 Å². The minimum Gasteiger partial charge on any atom is -0.493 e. The van der Waals surface area contributed by atoms with Crippen LogP contribution >= 0.6 is 11.6 Å². The molecule has 218 valence electrons. The van der Waals surface area contributed by atoms with Crippen molar-refractivity contribution in [1.29, 1.82) is 0 Å². The number of nitrogens with one attached hydrogen (secondary N) is 1. The third-order valence-electron chi connectivity index (χ3n) is 6.45. The van der Waals surface area contributed by atoms with Crippen LogP contribution in [0.15, 0.2) is 36.4 Å². The summed E-state index contributed by atoms with van der Waals surface area (Å²) in [4.78, 5) is 38.3. The number of methoxy groups -OCH3 is 2. The van der Waals surface area contributed by atoms with Gasteiger partial charge in [0.05, 0.1) is 25.9 Å². The number of nitrogens with zero attached hydrogens (tertiary/aromatic N) is 1. The Morgan fingerprint density at radius 1 is 1.10 bits per heavy atom. The van der Waals surface area contributed by atoms with E-state index in [-0.39, 0.29) is 35.2 Å². The Morgan fingerprint density at radius 2 is 1.77 bits per heavy atom. The molecule has 13 heteroatoms. The van der Waals surface area contributed by atoms with Gasteiger partial charge in [-0.25, -0.2) is 4.79 Å². The molecule has 2 aromatic rings. The number of ether oxygens (including phenoxy) is 4. The molecule has 2 aromatic carbocycles. The second-order valence-corrected chi connectivity index (χ2v) is 12.8. The number of para-hydroxylation sites is 1. The molecule has 1 heterocycles. The fourth-order valence-electron chi connectivity index (χ4n) is 4.85. The van der Waals surface area contributed by atoms with Crippen LogP contribution in [0.3, 0.4) is 0 Å². The number of halogens is 1. The van der Waals surface area contributed by atoms with Gasteiger partial charge >= 0.3 is 21.9 Å². The van der Waals surface area contributed by atoms with Gasteiger partial charge in [0.2, 0.25) is 5.91 Å². The Labute approximate surface area is 238 Å². The molecule has 3 rings (SSSR count). The fourth-order valence-corrected chi connectivity index (χ4v) is 6.56. The quantitative estimate of drug-likeness (QED) is 0.341. The van der Waals surface area contributed by atoms with Gasteiger partial charge in [-0.1, -0.05) is 37.6 Å². The molecule has 1 aliphatic heterocycles. The molecule has 0 fully saturated rings. The van der Waals surface area contributed by atoms with Crippen molar-refractivity contribution in [2.24, 2.45) is 5.41 Å². The van der Waals surface area contributed by atoms with E-state index in [1.165, 1.54) is 46.3 Å². The van der Waals surface area contributed by atoms with Gasteiger partial charge in [0.15, 0.2) is 17.2 Å². The second-order valence-electron chi connectivity index (χ2n) is 10.3. The first kappa shape index (κ1) is 31.3. The molecule has 40 heavy (non-hydrogen) atoms. The molecule has 3 atom stereocenters. The van der Waals surface area contributed by atoms with E-state index in [2.05, 4.69) is 5.32 Å². The zero-order valence-corrected chi connectivity index (χ0v) is 25.0. The Kier molecular flexibility index (Phi) is 9.19. The summed E-state index contributed by atoms with van der Waals surface area (Å²) >= 11 is 6.42. The highest BCUT2D eigenvalue weighted by molar-refractivity contribution is 7.90. The summed E-state index contributed by atoms with van der Waals surface area (Å²) in [7, 11) is -1.45. The van der Waals surface area contributed by atoms with Crippen LogP contribution in [0.4, 0.5) is 5.69 Å². The zero-order valence-electron chi connectivity index (χ0n) is 23.4. The van der Waals surface area contributed by atoms with Crippen molar-refractivity contribution in [2.45, 2.75) is 40.0 Å². The number of benzene rings is 2. The summed E-state index contributed by atoms with van der Waals surface area (Å²) in [6.45, 7) is 5.24. The minimum absolute atomic E-state index is 0.0653. The van der Waals surface area contributed by atoms with Crippen molar-refractivity contribution in [3.8, 4) is 11.5 Å². The summed E-state index contributed by atoms with van der Waals surface area (Å²) in [6, 6.07) is 9.48. The Bertz CT molecular complexity index is 1430. The molecule has 1 unspecified atom stereocenters. The maximum absolute atomic E-state index is 14.4. The van der Waals surface area contributed by atoms with E-state index < -0.39 is 49.4 Å². The van der Waals surface area contributed by atoms with E-state index in [9.17, 15) is 22.8 Å². The number of hydrogen-bond acceptors (Lipinski definition) is 9. The lowest BCUT2D eigenvalue weighted by Gasteiger charge is -2.39. The monoisotopic (exact) mass is 597 g/mol. The average Bonchev–Trinajstić information content (AvgIpc) is 2.95. The highest BCUT2D eigenvalue weighted by atomic mass is 35.5. The maximum Gasteiger partial charge on any atom is 0.383 e. The standard InChI is InChI=1S/C27H33ClN2O9S/c1-16(31)29-25-26(33)30(40(7,34)35,14-27(3,4)15-38-17(2)32)21-12-11-18(28)13-20(21)23(39-25)19-9-8-10-22(36-5)24(19)37-6/h8-13,23,25H,14-15H2,1-7H3/p+1/t23-,25-,30?/m1/s1. The SMILES string of the molecule is COc1cccc([C@H]2O[C@@H](NC(C)=O)C(=O)[N+](CC(C)(C)COC(C)=O)(S(C)(=O)=O)c3ccc(Cl)cc32)c1OC. The van der Waals surface area contributed by atoms with Gasteiger partial charge in [-0.05, 0) is 18.2 Å². The van der Waals surface area contributed by atoms with E-state index >= 15 is 0 Å². The topological polar surface area (TPSA) is 134 Å². The molecule has 0 bridgehead atoms. The summed E-state index contributed by atoms with van der Waals surface area (Å²) in [6.07, 6.45) is -1.90. The predicted molar refractivity (Wildman–Crippen MR) is 148 cm³/mol. The van der Waals surface area contributed by atoms with E-state index in [0.29, 0.717) is 11.3 Å². The van der Waals surface area contributed by atoms with Gasteiger partial charge in [-0.3, -0.25) is 9.59 Å². The first-order chi connectivity index (χ1) is 18.6. The Balaban J connectivity index is 2.44. The van der Waals surface area contributed by atoms with Gasteiger partial charge in [0, 0.05) is 36.1 Å². The van der Waals surface area contributed by atoms with E-state index in [0.717, 1.165) is 6.26 Å². The minimum atomic E-state index is -4.34. The molecule has 0 saturated carbocycles. The summed E-state index contributed by atoms with van der Waals surface area (Å²) in [5.41, 5.74) is -0.305. The van der Waals surface area contributed by atoms with Crippen LogP contribution < -0.4 is 18.7 Å². The first-order valence-corrected chi connectivity index (χ1v) is 14.5. The number of sulfonamides is 1. The lowest BCUT2D eigenvalue weighted by molar-refractivity contribution is -0.148. The number of esters is 1. The van der Waals surface area contributed by atoms with E-state index in [1.54, 1.807) is 32.0 Å². The van der Waals surface area contributed by atoms with Crippen molar-refractivity contribution < 1.29 is 41.7 Å². The van der Waals surface area contributed by atoms with Crippen molar-refractivity contribution >= 4 is 45.1 Å². The van der Waals surface area contributed by atoms with Crippen molar-refractivity contribution in [3.05, 3.63) is 52.5 Å². The lowest BCUT2D eigenvalue weighted by atomic mass is 9.92. The number of carbonyl (C=O) groups is 3. The fraction of sp³-hybridized carbons (Fsp3) is 0.444. The van der Waals surface area contributed by atoms with Gasteiger partial charge in [-0.2, -0.15) is 8.42 Å². The van der Waals surface area contributed by atoms with Crippen LogP contribution in [-0.4, -0.2) is 66.1 Å². The van der Waals surface area contributed by atoms with Crippen LogP contribution in [0.25, 0.3) is 0 Å². The lowest BCUT2D eigenvalue weighted by Crippen LogP contribution is -2.66. The summed E-state index contributed by atoms with van der Waals surface area (Å²) < 4.78 is 49.0. The van der Waals surface area contributed by atoms with Crippen LogP contribution in [0, 0.1) is 5.41 Å². The molecular weight excluding hydrogens is 564 g/mol. The molecule has 0 radical (unpaired) electrons.